The molecule has 0 aliphatic heterocycles. The molecule has 0 saturated heterocycles. The monoisotopic (exact) mass is 321 g/mol. The van der Waals surface area contributed by atoms with Crippen LogP contribution in [0.2, 0.25) is 0 Å². The molecule has 24 heavy (non-hydrogen) atoms. The summed E-state index contributed by atoms with van der Waals surface area (Å²) in [6.07, 6.45) is 3.91. The maximum atomic E-state index is 12.3. The van der Waals surface area contributed by atoms with Gasteiger partial charge in [0.15, 0.2) is 11.2 Å². The Morgan fingerprint density at radius 2 is 1.79 bits per heavy atom. The van der Waals surface area contributed by atoms with E-state index >= 15 is 0 Å². The number of carbonyl (C=O) groups excluding carboxylic acids is 1. The first-order valence-electron chi connectivity index (χ1n) is 7.03. The van der Waals surface area contributed by atoms with Crippen LogP contribution >= 0.6 is 0 Å². The van der Waals surface area contributed by atoms with E-state index in [1.165, 1.54) is 42.7 Å². The molecule has 0 amide bonds. The number of carbonyl (C=O) groups is 1. The average molecular weight is 321 g/mol. The van der Waals surface area contributed by atoms with Crippen LogP contribution in [0.1, 0.15) is 15.9 Å². The van der Waals surface area contributed by atoms with E-state index in [2.05, 4.69) is 0 Å². The standard InChI is InChI=1S/C18H11NO5/c20-16(12-5-8-14(9-6-12)19(22)23)10-7-13-11-24-17-4-2-1-3-15(17)18(13)21/h1-11H/b10-7+. The van der Waals surface area contributed by atoms with Gasteiger partial charge >= 0.3 is 0 Å². The molecule has 0 atom stereocenters. The van der Waals surface area contributed by atoms with Gasteiger partial charge in [0, 0.05) is 17.7 Å². The third-order valence-electron chi connectivity index (χ3n) is 3.48. The van der Waals surface area contributed by atoms with E-state index in [1.807, 2.05) is 0 Å². The average Bonchev–Trinajstić information content (AvgIpc) is 2.61. The Morgan fingerprint density at radius 1 is 1.08 bits per heavy atom. The summed E-state index contributed by atoms with van der Waals surface area (Å²) in [5.74, 6) is -0.363. The van der Waals surface area contributed by atoms with Crippen molar-refractivity contribution in [3.05, 3.63) is 92.3 Å². The van der Waals surface area contributed by atoms with Crippen molar-refractivity contribution in [3.8, 4) is 0 Å². The van der Waals surface area contributed by atoms with Crippen molar-refractivity contribution < 1.29 is 14.1 Å². The predicted octanol–water partition coefficient (Wildman–Crippen LogP) is 3.60. The second kappa shape index (κ2) is 6.29. The molecule has 0 radical (unpaired) electrons. The van der Waals surface area contributed by atoms with Crippen LogP contribution in [0.15, 0.2) is 70.1 Å². The molecule has 0 unspecified atom stereocenters. The Morgan fingerprint density at radius 3 is 2.50 bits per heavy atom. The Kier molecular flexibility index (Phi) is 4.03. The topological polar surface area (TPSA) is 90.4 Å². The molecular weight excluding hydrogens is 310 g/mol. The van der Waals surface area contributed by atoms with Gasteiger partial charge in [-0.2, -0.15) is 0 Å². The van der Waals surface area contributed by atoms with E-state index in [-0.39, 0.29) is 22.5 Å². The number of nitro benzene ring substituents is 1. The Hall–Kier alpha value is -3.54. The number of nitrogens with zero attached hydrogens (tertiary/aromatic N) is 1. The molecule has 118 valence electrons. The minimum atomic E-state index is -0.537. The van der Waals surface area contributed by atoms with Gasteiger partial charge in [-0.1, -0.05) is 12.1 Å². The van der Waals surface area contributed by atoms with Crippen molar-refractivity contribution in [1.29, 1.82) is 0 Å². The minimum Gasteiger partial charge on any atom is -0.463 e. The third kappa shape index (κ3) is 2.98. The van der Waals surface area contributed by atoms with Crippen molar-refractivity contribution in [3.63, 3.8) is 0 Å². The number of rotatable bonds is 4. The molecule has 0 aliphatic rings. The lowest BCUT2D eigenvalue weighted by Gasteiger charge is -1.98. The number of allylic oxidation sites excluding steroid dienone is 1. The minimum absolute atomic E-state index is 0.0919. The molecule has 0 spiro atoms. The van der Waals surface area contributed by atoms with Crippen LogP contribution in [0.5, 0.6) is 0 Å². The predicted molar refractivity (Wildman–Crippen MR) is 88.9 cm³/mol. The maximum Gasteiger partial charge on any atom is 0.269 e. The fraction of sp³-hybridized carbons (Fsp3) is 0. The molecule has 3 rings (SSSR count). The molecule has 6 nitrogen and oxygen atoms in total. The summed E-state index contributed by atoms with van der Waals surface area (Å²) >= 11 is 0. The Balaban J connectivity index is 1.87. The first-order chi connectivity index (χ1) is 11.6. The third-order valence-corrected chi connectivity index (χ3v) is 3.48. The van der Waals surface area contributed by atoms with Crippen LogP contribution in [0.4, 0.5) is 5.69 Å². The van der Waals surface area contributed by atoms with Gasteiger partial charge in [0.2, 0.25) is 0 Å². The SMILES string of the molecule is O=C(/C=C/c1coc2ccccc2c1=O)c1ccc([N+](=O)[O-])cc1. The summed E-state index contributed by atoms with van der Waals surface area (Å²) in [7, 11) is 0. The summed E-state index contributed by atoms with van der Waals surface area (Å²) in [4.78, 5) is 34.4. The number of para-hydroxylation sites is 1. The highest BCUT2D eigenvalue weighted by atomic mass is 16.6. The molecule has 1 aromatic heterocycles. The van der Waals surface area contributed by atoms with E-state index in [4.69, 9.17) is 4.42 Å². The molecule has 0 N–H and O–H groups in total. The Labute approximate surface area is 135 Å². The first kappa shape index (κ1) is 15.4. The van der Waals surface area contributed by atoms with Crippen LogP contribution in [0.25, 0.3) is 17.0 Å². The molecule has 0 fully saturated rings. The fourth-order valence-electron chi connectivity index (χ4n) is 2.22. The van der Waals surface area contributed by atoms with Gasteiger partial charge in [-0.15, -0.1) is 0 Å². The summed E-state index contributed by atoms with van der Waals surface area (Å²) < 4.78 is 5.37. The van der Waals surface area contributed by atoms with Crippen molar-refractivity contribution in [2.24, 2.45) is 0 Å². The van der Waals surface area contributed by atoms with Crippen LogP contribution in [-0.4, -0.2) is 10.7 Å². The van der Waals surface area contributed by atoms with Gasteiger partial charge in [-0.25, -0.2) is 0 Å². The molecule has 0 saturated carbocycles. The number of ketones is 1. The van der Waals surface area contributed by atoms with Crippen LogP contribution in [-0.2, 0) is 0 Å². The van der Waals surface area contributed by atoms with E-state index in [1.54, 1.807) is 24.3 Å². The maximum absolute atomic E-state index is 12.3. The molecule has 0 bridgehead atoms. The molecule has 3 aromatic rings. The van der Waals surface area contributed by atoms with Gasteiger partial charge < -0.3 is 4.42 Å². The van der Waals surface area contributed by atoms with Crippen molar-refractivity contribution in [2.45, 2.75) is 0 Å². The lowest BCUT2D eigenvalue weighted by Crippen LogP contribution is -2.05. The van der Waals surface area contributed by atoms with Crippen LogP contribution in [0.3, 0.4) is 0 Å². The van der Waals surface area contributed by atoms with Gasteiger partial charge in [0.05, 0.1) is 15.9 Å². The van der Waals surface area contributed by atoms with Gasteiger partial charge in [0.1, 0.15) is 11.8 Å². The molecule has 0 aliphatic carbocycles. The van der Waals surface area contributed by atoms with Crippen molar-refractivity contribution >= 4 is 28.5 Å². The number of hydrogen-bond donors (Lipinski definition) is 0. The molecule has 6 heteroatoms. The second-order valence-corrected chi connectivity index (χ2v) is 5.02. The zero-order chi connectivity index (χ0) is 17.1. The van der Waals surface area contributed by atoms with Crippen molar-refractivity contribution in [1.82, 2.24) is 0 Å². The highest BCUT2D eigenvalue weighted by molar-refractivity contribution is 6.07. The van der Waals surface area contributed by atoms with E-state index < -0.39 is 4.92 Å². The number of fused-ring (bicyclic) bond motifs is 1. The van der Waals surface area contributed by atoms with Gasteiger partial charge in [-0.05, 0) is 36.4 Å². The zero-order valence-electron chi connectivity index (χ0n) is 12.3. The first-order valence-corrected chi connectivity index (χ1v) is 7.03. The molecule has 2 aromatic carbocycles. The quantitative estimate of drug-likeness (QED) is 0.317. The van der Waals surface area contributed by atoms with Crippen LogP contribution in [0, 0.1) is 10.1 Å². The van der Waals surface area contributed by atoms with Crippen molar-refractivity contribution in [2.75, 3.05) is 0 Å². The highest BCUT2D eigenvalue weighted by Crippen LogP contribution is 2.14. The van der Waals surface area contributed by atoms with Crippen LogP contribution < -0.4 is 5.43 Å². The number of nitro groups is 1. The van der Waals surface area contributed by atoms with E-state index in [0.29, 0.717) is 16.5 Å². The summed E-state index contributed by atoms with van der Waals surface area (Å²) in [6.45, 7) is 0. The van der Waals surface area contributed by atoms with Gasteiger partial charge in [-0.3, -0.25) is 19.7 Å². The second-order valence-electron chi connectivity index (χ2n) is 5.02. The number of benzene rings is 2. The normalized spacial score (nSPS) is 11.0. The lowest BCUT2D eigenvalue weighted by atomic mass is 10.1. The summed E-state index contributed by atoms with van der Waals surface area (Å²) in [5.41, 5.74) is 0.697. The summed E-state index contributed by atoms with van der Waals surface area (Å²) in [6, 6.07) is 12.1. The smallest absolute Gasteiger partial charge is 0.269 e. The lowest BCUT2D eigenvalue weighted by molar-refractivity contribution is -0.384. The van der Waals surface area contributed by atoms with E-state index in [9.17, 15) is 19.7 Å². The number of hydrogen-bond acceptors (Lipinski definition) is 5. The number of non-ortho nitro benzene ring substituents is 1. The zero-order valence-corrected chi connectivity index (χ0v) is 12.3. The van der Waals surface area contributed by atoms with E-state index in [0.717, 1.165) is 0 Å². The highest BCUT2D eigenvalue weighted by Gasteiger charge is 2.08. The Bertz CT molecular complexity index is 1020. The summed E-state index contributed by atoms with van der Waals surface area (Å²) in [5, 5.41) is 11.0. The molecule has 1 heterocycles. The fourth-order valence-corrected chi connectivity index (χ4v) is 2.22. The molecular formula is C18H11NO5. The largest absolute Gasteiger partial charge is 0.463 e. The van der Waals surface area contributed by atoms with Gasteiger partial charge in [0.25, 0.3) is 5.69 Å².